The second-order valence-electron chi connectivity index (χ2n) is 5.78. The molecule has 3 rings (SSSR count). The molecular weight excluding hydrogens is 304 g/mol. The summed E-state index contributed by atoms with van der Waals surface area (Å²) < 4.78 is 0. The van der Waals surface area contributed by atoms with E-state index in [9.17, 15) is 9.59 Å². The van der Waals surface area contributed by atoms with Gasteiger partial charge < -0.3 is 5.32 Å². The van der Waals surface area contributed by atoms with Gasteiger partial charge in [-0.1, -0.05) is 60.7 Å². The highest BCUT2D eigenvalue weighted by molar-refractivity contribution is 5.90. The van der Waals surface area contributed by atoms with Crippen LogP contribution in [0.5, 0.6) is 0 Å². The van der Waals surface area contributed by atoms with Crippen molar-refractivity contribution in [2.24, 2.45) is 0 Å². The zero-order valence-electron chi connectivity index (χ0n) is 13.4. The highest BCUT2D eigenvalue weighted by Gasteiger charge is 2.31. The molecule has 1 aliphatic heterocycles. The molecule has 0 bridgehead atoms. The largest absolute Gasteiger partial charge is 0.344 e. The number of hydrogen-bond donors (Lipinski definition) is 1. The molecule has 0 aromatic heterocycles. The van der Waals surface area contributed by atoms with Crippen LogP contribution >= 0.6 is 0 Å². The van der Waals surface area contributed by atoms with Gasteiger partial charge in [-0.05, 0) is 17.5 Å². The number of rotatable bonds is 6. The van der Waals surface area contributed by atoms with Crippen molar-refractivity contribution in [3.8, 4) is 0 Å². The summed E-state index contributed by atoms with van der Waals surface area (Å²) in [6.07, 6.45) is 0.895. The Morgan fingerprint density at radius 1 is 1.04 bits per heavy atom. The van der Waals surface area contributed by atoms with Crippen LogP contribution in [0.1, 0.15) is 24.0 Å². The molecule has 1 aliphatic rings. The molecular formula is C19H20N2O3. The Morgan fingerprint density at radius 2 is 1.67 bits per heavy atom. The molecule has 0 saturated carbocycles. The maximum Gasteiger partial charge on any atom is 0.269 e. The number of nitrogens with zero attached hydrogens (tertiary/aromatic N) is 1. The number of hydrogen-bond acceptors (Lipinski definition) is 3. The molecule has 1 atom stereocenters. The Hall–Kier alpha value is -2.66. The summed E-state index contributed by atoms with van der Waals surface area (Å²) in [5, 5.41) is 4.07. The lowest BCUT2D eigenvalue weighted by Gasteiger charge is -2.25. The van der Waals surface area contributed by atoms with Crippen LogP contribution in [0.25, 0.3) is 0 Å². The second-order valence-corrected chi connectivity index (χ2v) is 5.78. The molecule has 0 aliphatic carbocycles. The monoisotopic (exact) mass is 324 g/mol. The van der Waals surface area contributed by atoms with Crippen molar-refractivity contribution in [2.45, 2.75) is 32.0 Å². The first-order chi connectivity index (χ1) is 11.7. The number of amides is 2. The van der Waals surface area contributed by atoms with Crippen LogP contribution in [0.3, 0.4) is 0 Å². The van der Waals surface area contributed by atoms with Gasteiger partial charge in [-0.3, -0.25) is 14.4 Å². The highest BCUT2D eigenvalue weighted by atomic mass is 16.7. The van der Waals surface area contributed by atoms with Crippen molar-refractivity contribution >= 4 is 11.8 Å². The Bertz CT molecular complexity index is 688. The van der Waals surface area contributed by atoms with Crippen LogP contribution < -0.4 is 5.32 Å². The molecule has 1 N–H and O–H groups in total. The summed E-state index contributed by atoms with van der Waals surface area (Å²) in [6, 6.07) is 18.8. The molecule has 0 unspecified atom stereocenters. The van der Waals surface area contributed by atoms with Gasteiger partial charge in [0.05, 0.1) is 6.54 Å². The van der Waals surface area contributed by atoms with Crippen molar-refractivity contribution in [3.05, 3.63) is 71.8 Å². The molecule has 24 heavy (non-hydrogen) atoms. The van der Waals surface area contributed by atoms with Crippen molar-refractivity contribution in [2.75, 3.05) is 0 Å². The molecule has 1 fully saturated rings. The second kappa shape index (κ2) is 7.75. The Labute approximate surface area is 141 Å². The molecule has 1 heterocycles. The standard InChI is InChI=1S/C19H20N2O3/c22-18-12-11-17(20-18)19(23)21(13-15-7-3-1-4-8-15)24-14-16-9-5-2-6-10-16/h1-10,17H,11-14H2,(H,20,22)/t17-/m0/s1. The zero-order chi connectivity index (χ0) is 16.8. The number of carbonyl (C=O) groups excluding carboxylic acids is 2. The average Bonchev–Trinajstić information content (AvgIpc) is 3.06. The minimum atomic E-state index is -0.503. The number of nitrogens with one attached hydrogen (secondary N) is 1. The highest BCUT2D eigenvalue weighted by Crippen LogP contribution is 2.14. The normalized spacial score (nSPS) is 16.7. The topological polar surface area (TPSA) is 58.6 Å². The Morgan fingerprint density at radius 3 is 2.25 bits per heavy atom. The van der Waals surface area contributed by atoms with Crippen LogP contribution in [-0.2, 0) is 27.6 Å². The average molecular weight is 324 g/mol. The number of carbonyl (C=O) groups is 2. The third kappa shape index (κ3) is 4.20. The van der Waals surface area contributed by atoms with Gasteiger partial charge >= 0.3 is 0 Å². The maximum absolute atomic E-state index is 12.7. The fraction of sp³-hybridized carbons (Fsp3) is 0.263. The summed E-state index contributed by atoms with van der Waals surface area (Å²) in [7, 11) is 0. The smallest absolute Gasteiger partial charge is 0.269 e. The van der Waals surface area contributed by atoms with Gasteiger partial charge in [0.2, 0.25) is 5.91 Å². The molecule has 5 heteroatoms. The molecule has 2 aromatic rings. The first-order valence-corrected chi connectivity index (χ1v) is 8.04. The summed E-state index contributed by atoms with van der Waals surface area (Å²) in [4.78, 5) is 29.9. The number of benzene rings is 2. The van der Waals surface area contributed by atoms with E-state index in [-0.39, 0.29) is 11.8 Å². The molecule has 2 aromatic carbocycles. The van der Waals surface area contributed by atoms with Gasteiger partial charge in [0.15, 0.2) is 0 Å². The first kappa shape index (κ1) is 16.2. The fourth-order valence-corrected chi connectivity index (χ4v) is 2.64. The minimum absolute atomic E-state index is 0.0870. The van der Waals surface area contributed by atoms with E-state index in [1.54, 1.807) is 0 Å². The van der Waals surface area contributed by atoms with E-state index in [2.05, 4.69) is 5.32 Å². The van der Waals surface area contributed by atoms with Gasteiger partial charge in [0, 0.05) is 6.42 Å². The summed E-state index contributed by atoms with van der Waals surface area (Å²) in [5.74, 6) is -0.295. The van der Waals surface area contributed by atoms with E-state index in [0.717, 1.165) is 11.1 Å². The van der Waals surface area contributed by atoms with E-state index in [1.807, 2.05) is 60.7 Å². The van der Waals surface area contributed by atoms with Crippen LogP contribution in [0.4, 0.5) is 0 Å². The van der Waals surface area contributed by atoms with Crippen molar-refractivity contribution in [3.63, 3.8) is 0 Å². The van der Waals surface area contributed by atoms with Crippen LogP contribution in [0.2, 0.25) is 0 Å². The van der Waals surface area contributed by atoms with Gasteiger partial charge in [0.1, 0.15) is 12.6 Å². The van der Waals surface area contributed by atoms with Crippen molar-refractivity contribution in [1.29, 1.82) is 0 Å². The Kier molecular flexibility index (Phi) is 5.23. The molecule has 0 spiro atoms. The maximum atomic E-state index is 12.7. The van der Waals surface area contributed by atoms with E-state index >= 15 is 0 Å². The lowest BCUT2D eigenvalue weighted by Crippen LogP contribution is -2.44. The molecule has 5 nitrogen and oxygen atoms in total. The van der Waals surface area contributed by atoms with E-state index in [1.165, 1.54) is 5.06 Å². The van der Waals surface area contributed by atoms with E-state index < -0.39 is 6.04 Å². The van der Waals surface area contributed by atoms with Gasteiger partial charge in [-0.25, -0.2) is 5.06 Å². The number of hydroxylamine groups is 2. The minimum Gasteiger partial charge on any atom is -0.344 e. The molecule has 1 saturated heterocycles. The summed E-state index contributed by atoms with van der Waals surface area (Å²) >= 11 is 0. The van der Waals surface area contributed by atoms with E-state index in [4.69, 9.17) is 4.84 Å². The quantitative estimate of drug-likeness (QED) is 0.830. The lowest BCUT2D eigenvalue weighted by molar-refractivity contribution is -0.197. The van der Waals surface area contributed by atoms with Crippen molar-refractivity contribution in [1.82, 2.24) is 10.4 Å². The molecule has 2 amide bonds. The SMILES string of the molecule is O=C1CC[C@@H](C(=O)N(Cc2ccccc2)OCc2ccccc2)N1. The van der Waals surface area contributed by atoms with E-state index in [0.29, 0.717) is 26.0 Å². The van der Waals surface area contributed by atoms with Crippen molar-refractivity contribution < 1.29 is 14.4 Å². The van der Waals surface area contributed by atoms with Crippen LogP contribution in [0.15, 0.2) is 60.7 Å². The fourth-order valence-electron chi connectivity index (χ4n) is 2.64. The third-order valence-corrected chi connectivity index (χ3v) is 3.94. The first-order valence-electron chi connectivity index (χ1n) is 8.04. The lowest BCUT2D eigenvalue weighted by atomic mass is 10.2. The molecule has 0 radical (unpaired) electrons. The Balaban J connectivity index is 1.70. The predicted molar refractivity (Wildman–Crippen MR) is 89.4 cm³/mol. The third-order valence-electron chi connectivity index (χ3n) is 3.94. The van der Waals surface area contributed by atoms with Crippen LogP contribution in [-0.4, -0.2) is 22.9 Å². The molecule has 124 valence electrons. The van der Waals surface area contributed by atoms with Gasteiger partial charge in [-0.15, -0.1) is 0 Å². The summed E-state index contributed by atoms with van der Waals surface area (Å²) in [5.41, 5.74) is 1.96. The predicted octanol–water partition coefficient (Wildman–Crippen LogP) is 2.43. The zero-order valence-corrected chi connectivity index (χ0v) is 13.4. The van der Waals surface area contributed by atoms with Crippen LogP contribution in [0, 0.1) is 0 Å². The van der Waals surface area contributed by atoms with Gasteiger partial charge in [-0.2, -0.15) is 0 Å². The van der Waals surface area contributed by atoms with Gasteiger partial charge in [0.25, 0.3) is 5.91 Å². The summed E-state index contributed by atoms with van der Waals surface area (Å²) in [6.45, 7) is 0.652.